The van der Waals surface area contributed by atoms with Gasteiger partial charge in [0.2, 0.25) is 5.91 Å². The molecule has 23 heavy (non-hydrogen) atoms. The average molecular weight is 383 g/mol. The Morgan fingerprint density at radius 3 is 2.74 bits per heavy atom. The highest BCUT2D eigenvalue weighted by molar-refractivity contribution is 9.10. The van der Waals surface area contributed by atoms with E-state index in [-0.39, 0.29) is 18.3 Å². The molecule has 0 aliphatic carbocycles. The number of rotatable bonds is 6. The lowest BCUT2D eigenvalue weighted by atomic mass is 10.1. The van der Waals surface area contributed by atoms with Crippen molar-refractivity contribution in [1.82, 2.24) is 10.1 Å². The van der Waals surface area contributed by atoms with E-state index >= 15 is 0 Å². The third-order valence-electron chi connectivity index (χ3n) is 3.87. The van der Waals surface area contributed by atoms with E-state index < -0.39 is 0 Å². The van der Waals surface area contributed by atoms with Crippen LogP contribution in [-0.4, -0.2) is 22.5 Å². The summed E-state index contributed by atoms with van der Waals surface area (Å²) in [5.41, 5.74) is 2.30. The summed E-state index contributed by atoms with van der Waals surface area (Å²) >= 11 is 3.33. The van der Waals surface area contributed by atoms with Crippen LogP contribution in [0, 0.1) is 19.7 Å². The number of amides is 1. The fourth-order valence-corrected chi connectivity index (χ4v) is 2.90. The Labute approximate surface area is 143 Å². The van der Waals surface area contributed by atoms with Crippen molar-refractivity contribution in [1.29, 1.82) is 0 Å². The summed E-state index contributed by atoms with van der Waals surface area (Å²) in [6, 6.07) is 4.76. The predicted octanol–water partition coefficient (Wildman–Crippen LogP) is 4.17. The molecule has 0 bridgehead atoms. The third-order valence-corrected chi connectivity index (χ3v) is 4.37. The van der Waals surface area contributed by atoms with Gasteiger partial charge in [0.05, 0.1) is 5.69 Å². The Balaban J connectivity index is 2.02. The number of carbonyl (C=O) groups excluding carboxylic acids is 1. The van der Waals surface area contributed by atoms with Crippen LogP contribution in [0.25, 0.3) is 0 Å². The second-order valence-electron chi connectivity index (χ2n) is 5.45. The molecular weight excluding hydrogens is 363 g/mol. The standard InChI is InChI=1S/C17H20BrFN2O2/c1-4-21(10-13-9-14(18)5-7-16(13)19)17(22)8-6-15-11(2)20-23-12(15)3/h5,7,9H,4,6,8,10H2,1-3H3. The monoisotopic (exact) mass is 382 g/mol. The Morgan fingerprint density at radius 1 is 1.39 bits per heavy atom. The van der Waals surface area contributed by atoms with Gasteiger partial charge in [0.1, 0.15) is 11.6 Å². The van der Waals surface area contributed by atoms with Gasteiger partial charge in [-0.3, -0.25) is 4.79 Å². The lowest BCUT2D eigenvalue weighted by Gasteiger charge is -2.21. The fraction of sp³-hybridized carbons (Fsp3) is 0.412. The predicted molar refractivity (Wildman–Crippen MR) is 89.5 cm³/mol. The van der Waals surface area contributed by atoms with Gasteiger partial charge in [-0.25, -0.2) is 4.39 Å². The molecule has 0 saturated carbocycles. The molecule has 1 aromatic heterocycles. The van der Waals surface area contributed by atoms with Crippen molar-refractivity contribution < 1.29 is 13.7 Å². The van der Waals surface area contributed by atoms with Crippen LogP contribution in [0.1, 0.15) is 35.9 Å². The van der Waals surface area contributed by atoms with Gasteiger partial charge < -0.3 is 9.42 Å². The van der Waals surface area contributed by atoms with E-state index in [1.165, 1.54) is 6.07 Å². The first kappa shape index (κ1) is 17.7. The zero-order valence-corrected chi connectivity index (χ0v) is 15.1. The van der Waals surface area contributed by atoms with Crippen molar-refractivity contribution in [3.05, 3.63) is 51.1 Å². The smallest absolute Gasteiger partial charge is 0.223 e. The molecule has 2 aromatic rings. The molecule has 0 atom stereocenters. The molecule has 0 unspecified atom stereocenters. The normalized spacial score (nSPS) is 10.8. The number of hydrogen-bond donors (Lipinski definition) is 0. The Morgan fingerprint density at radius 2 is 2.13 bits per heavy atom. The quantitative estimate of drug-likeness (QED) is 0.752. The second-order valence-corrected chi connectivity index (χ2v) is 6.36. The average Bonchev–Trinajstić information content (AvgIpc) is 2.84. The maximum Gasteiger partial charge on any atom is 0.223 e. The molecule has 0 aliphatic heterocycles. The van der Waals surface area contributed by atoms with Gasteiger partial charge in [0.25, 0.3) is 0 Å². The maximum atomic E-state index is 13.9. The summed E-state index contributed by atoms with van der Waals surface area (Å²) in [5.74, 6) is 0.438. The minimum atomic E-state index is -0.301. The van der Waals surface area contributed by atoms with Crippen LogP contribution in [0.2, 0.25) is 0 Å². The van der Waals surface area contributed by atoms with Crippen LogP contribution in [0.3, 0.4) is 0 Å². The molecule has 4 nitrogen and oxygen atoms in total. The van der Waals surface area contributed by atoms with E-state index in [2.05, 4.69) is 21.1 Å². The number of halogens is 2. The van der Waals surface area contributed by atoms with Crippen molar-refractivity contribution in [3.63, 3.8) is 0 Å². The molecule has 1 aromatic carbocycles. The highest BCUT2D eigenvalue weighted by Crippen LogP contribution is 2.19. The summed E-state index contributed by atoms with van der Waals surface area (Å²) < 4.78 is 19.8. The number of aryl methyl sites for hydroxylation is 2. The van der Waals surface area contributed by atoms with Gasteiger partial charge in [-0.15, -0.1) is 0 Å². The molecule has 0 saturated heterocycles. The first-order valence-electron chi connectivity index (χ1n) is 7.55. The molecule has 0 N–H and O–H groups in total. The second kappa shape index (κ2) is 7.73. The molecule has 124 valence electrons. The van der Waals surface area contributed by atoms with Gasteiger partial charge in [-0.1, -0.05) is 21.1 Å². The van der Waals surface area contributed by atoms with Crippen LogP contribution < -0.4 is 0 Å². The molecule has 6 heteroatoms. The molecule has 0 aliphatic rings. The maximum absolute atomic E-state index is 13.9. The summed E-state index contributed by atoms with van der Waals surface area (Å²) in [4.78, 5) is 14.1. The molecule has 0 fully saturated rings. The SMILES string of the molecule is CCN(Cc1cc(Br)ccc1F)C(=O)CCc1c(C)noc1C. The Hall–Kier alpha value is -1.69. The van der Waals surface area contributed by atoms with Crippen LogP contribution in [-0.2, 0) is 17.8 Å². The van der Waals surface area contributed by atoms with Gasteiger partial charge in [0, 0.05) is 35.1 Å². The Bertz CT molecular complexity index is 680. The summed E-state index contributed by atoms with van der Waals surface area (Å²) in [6.45, 7) is 6.40. The summed E-state index contributed by atoms with van der Waals surface area (Å²) in [5, 5.41) is 3.89. The van der Waals surface area contributed by atoms with Crippen LogP contribution in [0.15, 0.2) is 27.2 Å². The number of carbonyl (C=O) groups is 1. The van der Waals surface area contributed by atoms with Crippen LogP contribution >= 0.6 is 15.9 Å². The molecule has 0 radical (unpaired) electrons. The van der Waals surface area contributed by atoms with E-state index in [0.717, 1.165) is 21.5 Å². The number of hydrogen-bond acceptors (Lipinski definition) is 3. The van der Waals surface area contributed by atoms with Crippen molar-refractivity contribution in [2.75, 3.05) is 6.54 Å². The van der Waals surface area contributed by atoms with Gasteiger partial charge in [0.15, 0.2) is 0 Å². The lowest BCUT2D eigenvalue weighted by Crippen LogP contribution is -2.30. The lowest BCUT2D eigenvalue weighted by molar-refractivity contribution is -0.131. The summed E-state index contributed by atoms with van der Waals surface area (Å²) in [7, 11) is 0. The van der Waals surface area contributed by atoms with Gasteiger partial charge in [-0.2, -0.15) is 0 Å². The molecule has 1 amide bonds. The first-order chi connectivity index (χ1) is 10.9. The minimum absolute atomic E-state index is 0.00752. The van der Waals surface area contributed by atoms with Crippen LogP contribution in [0.4, 0.5) is 4.39 Å². The largest absolute Gasteiger partial charge is 0.361 e. The zero-order chi connectivity index (χ0) is 17.0. The molecule has 2 rings (SSSR count). The van der Waals surface area contributed by atoms with Crippen molar-refractivity contribution >= 4 is 21.8 Å². The molecular formula is C17H20BrFN2O2. The van der Waals surface area contributed by atoms with E-state index in [1.54, 1.807) is 17.0 Å². The molecule has 1 heterocycles. The Kier molecular flexibility index (Phi) is 5.93. The number of benzene rings is 1. The number of nitrogens with zero attached hydrogens (tertiary/aromatic N) is 2. The zero-order valence-electron chi connectivity index (χ0n) is 13.5. The van der Waals surface area contributed by atoms with E-state index in [4.69, 9.17) is 4.52 Å². The highest BCUT2D eigenvalue weighted by Gasteiger charge is 2.17. The van der Waals surface area contributed by atoms with Gasteiger partial charge in [-0.05, 0) is 45.4 Å². The first-order valence-corrected chi connectivity index (χ1v) is 8.35. The van der Waals surface area contributed by atoms with Crippen molar-refractivity contribution in [2.24, 2.45) is 0 Å². The topological polar surface area (TPSA) is 46.3 Å². The van der Waals surface area contributed by atoms with E-state index in [0.29, 0.717) is 24.9 Å². The van der Waals surface area contributed by atoms with E-state index in [9.17, 15) is 9.18 Å². The molecule has 0 spiro atoms. The summed E-state index contributed by atoms with van der Waals surface area (Å²) in [6.07, 6.45) is 0.934. The third kappa shape index (κ3) is 4.41. The number of aromatic nitrogens is 1. The highest BCUT2D eigenvalue weighted by atomic mass is 79.9. The minimum Gasteiger partial charge on any atom is -0.361 e. The van der Waals surface area contributed by atoms with E-state index in [1.807, 2.05) is 20.8 Å². The van der Waals surface area contributed by atoms with Crippen LogP contribution in [0.5, 0.6) is 0 Å². The van der Waals surface area contributed by atoms with Crippen molar-refractivity contribution in [3.8, 4) is 0 Å². The fourth-order valence-electron chi connectivity index (χ4n) is 2.50. The van der Waals surface area contributed by atoms with Crippen molar-refractivity contribution in [2.45, 2.75) is 40.2 Å². The van der Waals surface area contributed by atoms with Gasteiger partial charge >= 0.3 is 0 Å².